The first kappa shape index (κ1) is 19.7. The summed E-state index contributed by atoms with van der Waals surface area (Å²) in [6, 6.07) is 9.50. The first-order chi connectivity index (χ1) is 14.0. The molecule has 3 aromatic rings. The molecule has 2 aromatic heterocycles. The fourth-order valence-corrected chi connectivity index (χ4v) is 4.72. The lowest BCUT2D eigenvalue weighted by molar-refractivity contribution is -0.115. The van der Waals surface area contributed by atoms with Crippen LogP contribution in [-0.2, 0) is 17.8 Å². The third-order valence-corrected chi connectivity index (χ3v) is 6.20. The predicted molar refractivity (Wildman–Crippen MR) is 117 cm³/mol. The molecule has 1 aromatic carbocycles. The molecule has 29 heavy (non-hydrogen) atoms. The Kier molecular flexibility index (Phi) is 5.73. The van der Waals surface area contributed by atoms with Crippen LogP contribution < -0.4 is 10.9 Å². The molecule has 7 nitrogen and oxygen atoms in total. The lowest BCUT2D eigenvalue weighted by Gasteiger charge is -2.26. The highest BCUT2D eigenvalue weighted by molar-refractivity contribution is 7.99. The van der Waals surface area contributed by atoms with Gasteiger partial charge in [-0.25, -0.2) is 9.50 Å². The van der Waals surface area contributed by atoms with Crippen molar-refractivity contribution in [1.29, 1.82) is 0 Å². The van der Waals surface area contributed by atoms with E-state index in [0.29, 0.717) is 5.65 Å². The number of aromatic amines is 1. The molecule has 0 atom stereocenters. The van der Waals surface area contributed by atoms with Crippen molar-refractivity contribution in [2.24, 2.45) is 0 Å². The van der Waals surface area contributed by atoms with Crippen molar-refractivity contribution in [2.45, 2.75) is 26.8 Å². The fourth-order valence-electron chi connectivity index (χ4n) is 3.74. The molecule has 4 rings (SSSR count). The smallest absolute Gasteiger partial charge is 0.266 e. The van der Waals surface area contributed by atoms with Crippen LogP contribution in [0.25, 0.3) is 5.65 Å². The van der Waals surface area contributed by atoms with Gasteiger partial charge in [0.1, 0.15) is 0 Å². The van der Waals surface area contributed by atoms with Crippen LogP contribution >= 0.6 is 11.8 Å². The van der Waals surface area contributed by atoms with E-state index in [1.54, 1.807) is 4.52 Å². The van der Waals surface area contributed by atoms with Gasteiger partial charge in [0.15, 0.2) is 5.65 Å². The number of nitrogens with one attached hydrogen (secondary N) is 2. The highest BCUT2D eigenvalue weighted by atomic mass is 32.2. The number of carbonyl (C=O) groups excluding carboxylic acids is 1. The number of carbonyl (C=O) groups is 1. The van der Waals surface area contributed by atoms with E-state index in [0.717, 1.165) is 42.3 Å². The van der Waals surface area contributed by atoms with Gasteiger partial charge in [0.25, 0.3) is 5.56 Å². The number of amides is 1. The fraction of sp³-hybridized carbons (Fsp3) is 0.381. The molecular weight excluding hydrogens is 386 g/mol. The Bertz CT molecular complexity index is 1100. The van der Waals surface area contributed by atoms with Crippen LogP contribution in [0.15, 0.2) is 35.1 Å². The van der Waals surface area contributed by atoms with Gasteiger partial charge in [-0.2, -0.15) is 11.8 Å². The average molecular weight is 412 g/mol. The predicted octanol–water partition coefficient (Wildman–Crippen LogP) is 2.37. The summed E-state index contributed by atoms with van der Waals surface area (Å²) in [6.45, 7) is 6.87. The third kappa shape index (κ3) is 4.54. The Hall–Kier alpha value is -2.58. The zero-order chi connectivity index (χ0) is 20.4. The molecule has 1 amide bonds. The Labute approximate surface area is 173 Å². The number of H-pyrrole nitrogens is 1. The molecule has 1 aliphatic heterocycles. The van der Waals surface area contributed by atoms with Crippen LogP contribution in [0.2, 0.25) is 0 Å². The van der Waals surface area contributed by atoms with E-state index in [-0.39, 0.29) is 17.9 Å². The normalized spacial score (nSPS) is 15.0. The molecular formula is C21H25N5O2S. The van der Waals surface area contributed by atoms with Crippen LogP contribution in [0, 0.1) is 13.8 Å². The largest absolute Gasteiger partial charge is 0.326 e. The van der Waals surface area contributed by atoms with E-state index in [4.69, 9.17) is 0 Å². The summed E-state index contributed by atoms with van der Waals surface area (Å²) in [5.74, 6) is 2.26. The van der Waals surface area contributed by atoms with Crippen LogP contribution in [0.3, 0.4) is 0 Å². The summed E-state index contributed by atoms with van der Waals surface area (Å²) in [6.07, 6.45) is 0.203. The van der Waals surface area contributed by atoms with Crippen LogP contribution in [0.5, 0.6) is 0 Å². The molecule has 3 heterocycles. The van der Waals surface area contributed by atoms with Gasteiger partial charge < -0.3 is 5.32 Å². The molecule has 1 fully saturated rings. The van der Waals surface area contributed by atoms with Gasteiger partial charge in [0.05, 0.1) is 6.42 Å². The van der Waals surface area contributed by atoms with Crippen LogP contribution in [-0.4, -0.2) is 50.0 Å². The van der Waals surface area contributed by atoms with E-state index in [9.17, 15) is 9.59 Å². The second-order valence-electron chi connectivity index (χ2n) is 7.39. The maximum absolute atomic E-state index is 12.7. The summed E-state index contributed by atoms with van der Waals surface area (Å²) in [4.78, 5) is 31.2. The highest BCUT2D eigenvalue weighted by Gasteiger charge is 2.15. The molecule has 1 aliphatic rings. The highest BCUT2D eigenvalue weighted by Crippen LogP contribution is 2.18. The van der Waals surface area contributed by atoms with E-state index in [2.05, 4.69) is 26.4 Å². The maximum Gasteiger partial charge on any atom is 0.266 e. The van der Waals surface area contributed by atoms with Gasteiger partial charge in [-0.3, -0.25) is 19.6 Å². The van der Waals surface area contributed by atoms with Crippen molar-refractivity contribution in [3.05, 3.63) is 63.2 Å². The van der Waals surface area contributed by atoms with Crippen LogP contribution in [0.1, 0.15) is 22.5 Å². The van der Waals surface area contributed by atoms with E-state index < -0.39 is 0 Å². The lowest BCUT2D eigenvalue weighted by atomic mass is 10.1. The minimum atomic E-state index is -0.203. The zero-order valence-corrected chi connectivity index (χ0v) is 17.5. The lowest BCUT2D eigenvalue weighted by Crippen LogP contribution is -2.31. The van der Waals surface area contributed by atoms with E-state index in [1.807, 2.05) is 43.8 Å². The standard InChI is InChI=1S/C21H25N5O2S/c1-14-18(15(2)26-19(22-14)12-21(28)24-26)11-20(27)23-17-5-3-4-16(10-17)13-25-6-8-29-9-7-25/h3-5,10,12H,6-9,11,13H2,1-2H3,(H,23,27)(H,24,28). The molecule has 0 radical (unpaired) electrons. The van der Waals surface area contributed by atoms with Crippen molar-refractivity contribution >= 4 is 29.0 Å². The Morgan fingerprint density at radius 2 is 2.03 bits per heavy atom. The third-order valence-electron chi connectivity index (χ3n) is 5.26. The molecule has 8 heteroatoms. The van der Waals surface area contributed by atoms with E-state index >= 15 is 0 Å². The van der Waals surface area contributed by atoms with Gasteiger partial charge in [-0.1, -0.05) is 12.1 Å². The molecule has 0 spiro atoms. The van der Waals surface area contributed by atoms with Crippen molar-refractivity contribution in [2.75, 3.05) is 29.9 Å². The topological polar surface area (TPSA) is 82.5 Å². The van der Waals surface area contributed by atoms with E-state index in [1.165, 1.54) is 23.1 Å². The quantitative estimate of drug-likeness (QED) is 0.674. The summed E-state index contributed by atoms with van der Waals surface area (Å²) >= 11 is 2.00. The maximum atomic E-state index is 12.7. The zero-order valence-electron chi connectivity index (χ0n) is 16.7. The summed E-state index contributed by atoms with van der Waals surface area (Å²) < 4.78 is 1.63. The molecule has 0 unspecified atom stereocenters. The van der Waals surface area contributed by atoms with Gasteiger partial charge in [0.2, 0.25) is 5.91 Å². The minimum absolute atomic E-state index is 0.0987. The molecule has 2 N–H and O–H groups in total. The summed E-state index contributed by atoms with van der Waals surface area (Å²) in [7, 11) is 0. The molecule has 152 valence electrons. The van der Waals surface area contributed by atoms with Gasteiger partial charge in [-0.15, -0.1) is 0 Å². The van der Waals surface area contributed by atoms with Gasteiger partial charge in [0, 0.05) is 59.8 Å². The number of rotatable bonds is 5. The number of fused-ring (bicyclic) bond motifs is 1. The number of hydrogen-bond donors (Lipinski definition) is 2. The number of benzene rings is 1. The van der Waals surface area contributed by atoms with Crippen molar-refractivity contribution in [3.63, 3.8) is 0 Å². The SMILES string of the molecule is Cc1nc2cc(=O)[nH]n2c(C)c1CC(=O)Nc1cccc(CN2CCSCC2)c1. The summed E-state index contributed by atoms with van der Waals surface area (Å²) in [5, 5.41) is 5.73. The average Bonchev–Trinajstić information content (AvgIpc) is 3.06. The molecule has 0 saturated carbocycles. The number of aromatic nitrogens is 3. The van der Waals surface area contributed by atoms with Crippen molar-refractivity contribution in [3.8, 4) is 0 Å². The Morgan fingerprint density at radius 1 is 1.24 bits per heavy atom. The first-order valence-electron chi connectivity index (χ1n) is 9.76. The number of thioether (sulfide) groups is 1. The molecule has 0 aliphatic carbocycles. The number of anilines is 1. The minimum Gasteiger partial charge on any atom is -0.326 e. The first-order valence-corrected chi connectivity index (χ1v) is 10.9. The second-order valence-corrected chi connectivity index (χ2v) is 8.61. The number of hydrogen-bond acceptors (Lipinski definition) is 5. The van der Waals surface area contributed by atoms with Gasteiger partial charge in [-0.05, 0) is 31.5 Å². The Morgan fingerprint density at radius 3 is 2.83 bits per heavy atom. The van der Waals surface area contributed by atoms with Crippen molar-refractivity contribution in [1.82, 2.24) is 19.5 Å². The number of aryl methyl sites for hydroxylation is 2. The summed E-state index contributed by atoms with van der Waals surface area (Å²) in [5.41, 5.74) is 4.77. The molecule has 1 saturated heterocycles. The molecule has 0 bridgehead atoms. The second kappa shape index (κ2) is 8.42. The Balaban J connectivity index is 1.46. The van der Waals surface area contributed by atoms with Crippen LogP contribution in [0.4, 0.5) is 5.69 Å². The van der Waals surface area contributed by atoms with Gasteiger partial charge >= 0.3 is 0 Å². The van der Waals surface area contributed by atoms with Crippen molar-refractivity contribution < 1.29 is 4.79 Å². The monoisotopic (exact) mass is 411 g/mol. The number of nitrogens with zero attached hydrogens (tertiary/aromatic N) is 3.